The van der Waals surface area contributed by atoms with E-state index in [9.17, 15) is 0 Å². The highest BCUT2D eigenvalue weighted by atomic mass is 79.9. The van der Waals surface area contributed by atoms with Crippen LogP contribution < -0.4 is 5.32 Å². The maximum atomic E-state index is 6.25. The van der Waals surface area contributed by atoms with Gasteiger partial charge in [-0.3, -0.25) is 0 Å². The highest BCUT2D eigenvalue weighted by Gasteiger charge is 2.14. The van der Waals surface area contributed by atoms with Gasteiger partial charge in [0.05, 0.1) is 10.5 Å². The van der Waals surface area contributed by atoms with Crippen LogP contribution >= 0.6 is 27.5 Å². The predicted octanol–water partition coefficient (Wildman–Crippen LogP) is 4.09. The zero-order valence-corrected chi connectivity index (χ0v) is 12.6. The second kappa shape index (κ2) is 5.01. The molecule has 4 heteroatoms. The number of hydrogen-bond donors (Lipinski definition) is 1. The van der Waals surface area contributed by atoms with Crippen LogP contribution in [0.1, 0.15) is 19.5 Å². The van der Waals surface area contributed by atoms with E-state index in [-0.39, 0.29) is 0 Å². The van der Waals surface area contributed by atoms with Gasteiger partial charge in [-0.15, -0.1) is 0 Å². The van der Waals surface area contributed by atoms with E-state index >= 15 is 0 Å². The minimum absolute atomic E-state index is 0.468. The van der Waals surface area contributed by atoms with Crippen molar-refractivity contribution in [1.82, 2.24) is 9.88 Å². The van der Waals surface area contributed by atoms with E-state index < -0.39 is 0 Å². The maximum Gasteiger partial charge on any atom is 0.0681 e. The van der Waals surface area contributed by atoms with Gasteiger partial charge in [-0.1, -0.05) is 37.6 Å². The fourth-order valence-electron chi connectivity index (χ4n) is 1.97. The lowest BCUT2D eigenvalue weighted by atomic mass is 10.2. The molecule has 1 aromatic heterocycles. The van der Waals surface area contributed by atoms with Crippen molar-refractivity contribution in [2.24, 2.45) is 7.05 Å². The van der Waals surface area contributed by atoms with Crippen molar-refractivity contribution in [2.75, 3.05) is 0 Å². The average molecular weight is 316 g/mol. The molecule has 0 bridgehead atoms. The van der Waals surface area contributed by atoms with Crippen LogP contribution in [0.3, 0.4) is 0 Å². The predicted molar refractivity (Wildman–Crippen MR) is 77.6 cm³/mol. The number of rotatable bonds is 3. The second-order valence-corrected chi connectivity index (χ2v) is 5.69. The van der Waals surface area contributed by atoms with Crippen molar-refractivity contribution < 1.29 is 0 Å². The van der Waals surface area contributed by atoms with E-state index in [0.29, 0.717) is 6.04 Å². The minimum atomic E-state index is 0.468. The van der Waals surface area contributed by atoms with Crippen molar-refractivity contribution in [1.29, 1.82) is 0 Å². The van der Waals surface area contributed by atoms with E-state index in [1.165, 1.54) is 11.1 Å². The minimum Gasteiger partial charge on any atom is -0.344 e. The summed E-state index contributed by atoms with van der Waals surface area (Å²) in [5.74, 6) is 0. The van der Waals surface area contributed by atoms with E-state index in [2.05, 4.69) is 52.8 Å². The molecule has 0 amide bonds. The third-order valence-electron chi connectivity index (χ3n) is 2.89. The van der Waals surface area contributed by atoms with Crippen molar-refractivity contribution >= 4 is 38.4 Å². The second-order valence-electron chi connectivity index (χ2n) is 4.49. The summed E-state index contributed by atoms with van der Waals surface area (Å²) in [5.41, 5.74) is 2.31. The maximum absolute atomic E-state index is 6.25. The van der Waals surface area contributed by atoms with Gasteiger partial charge in [0, 0.05) is 35.2 Å². The number of nitrogens with one attached hydrogen (secondary N) is 1. The molecule has 17 heavy (non-hydrogen) atoms. The molecule has 0 aliphatic carbocycles. The molecule has 0 unspecified atom stereocenters. The molecule has 0 aliphatic heterocycles. The quantitative estimate of drug-likeness (QED) is 0.902. The van der Waals surface area contributed by atoms with Crippen molar-refractivity contribution in [3.8, 4) is 0 Å². The number of nitrogens with zero attached hydrogens (tertiary/aromatic N) is 1. The summed E-state index contributed by atoms with van der Waals surface area (Å²) in [6.45, 7) is 5.12. The van der Waals surface area contributed by atoms with E-state index in [1.807, 2.05) is 12.1 Å². The fourth-order valence-corrected chi connectivity index (χ4v) is 3.00. The third kappa shape index (κ3) is 2.37. The van der Waals surface area contributed by atoms with Gasteiger partial charge < -0.3 is 9.88 Å². The number of aromatic nitrogens is 1. The Bertz CT molecular complexity index is 546. The first-order valence-corrected chi connectivity index (χ1v) is 6.84. The van der Waals surface area contributed by atoms with Crippen LogP contribution in [0.5, 0.6) is 0 Å². The molecule has 1 N–H and O–H groups in total. The van der Waals surface area contributed by atoms with Crippen molar-refractivity contribution in [3.05, 3.63) is 33.4 Å². The Labute approximate surface area is 115 Å². The van der Waals surface area contributed by atoms with Gasteiger partial charge in [0.25, 0.3) is 0 Å². The van der Waals surface area contributed by atoms with E-state index in [4.69, 9.17) is 11.6 Å². The lowest BCUT2D eigenvalue weighted by Gasteiger charge is -2.10. The summed E-state index contributed by atoms with van der Waals surface area (Å²) in [4.78, 5) is 0. The van der Waals surface area contributed by atoms with Crippen LogP contribution in [-0.2, 0) is 13.6 Å². The summed E-state index contributed by atoms with van der Waals surface area (Å²) in [5, 5.41) is 5.39. The van der Waals surface area contributed by atoms with Crippen molar-refractivity contribution in [2.45, 2.75) is 26.4 Å². The van der Waals surface area contributed by atoms with Crippen LogP contribution in [0, 0.1) is 0 Å². The van der Waals surface area contributed by atoms with Gasteiger partial charge in [0.1, 0.15) is 0 Å². The van der Waals surface area contributed by atoms with Crippen LogP contribution in [0.15, 0.2) is 22.7 Å². The van der Waals surface area contributed by atoms with Crippen LogP contribution in [0.25, 0.3) is 10.9 Å². The number of hydrogen-bond acceptors (Lipinski definition) is 1. The van der Waals surface area contributed by atoms with E-state index in [1.54, 1.807) is 0 Å². The van der Waals surface area contributed by atoms with Crippen molar-refractivity contribution in [3.63, 3.8) is 0 Å². The van der Waals surface area contributed by atoms with Gasteiger partial charge in [-0.25, -0.2) is 0 Å². The van der Waals surface area contributed by atoms with E-state index in [0.717, 1.165) is 21.6 Å². The number of fused-ring (bicyclic) bond motifs is 1. The topological polar surface area (TPSA) is 17.0 Å². The Balaban J connectivity index is 2.53. The molecule has 0 saturated heterocycles. The SMILES string of the molecule is CC(C)NCc1c(Br)c2cccc(Cl)c2n1C. The standard InChI is InChI=1S/C13H16BrClN2/c1-8(2)16-7-11-12(14)9-5-4-6-10(15)13(9)17(11)3/h4-6,8,16H,7H2,1-3H3. The molecule has 0 spiro atoms. The molecule has 2 aromatic rings. The number of halogens is 2. The third-order valence-corrected chi connectivity index (χ3v) is 4.08. The summed E-state index contributed by atoms with van der Waals surface area (Å²) in [7, 11) is 2.05. The van der Waals surface area contributed by atoms with Gasteiger partial charge in [-0.05, 0) is 22.0 Å². The smallest absolute Gasteiger partial charge is 0.0681 e. The fraction of sp³-hybridized carbons (Fsp3) is 0.385. The first kappa shape index (κ1) is 12.9. The van der Waals surface area contributed by atoms with Crippen LogP contribution in [0.2, 0.25) is 5.02 Å². The summed E-state index contributed by atoms with van der Waals surface area (Å²) >= 11 is 9.92. The molecule has 2 nitrogen and oxygen atoms in total. The number of benzene rings is 1. The van der Waals surface area contributed by atoms with Gasteiger partial charge in [-0.2, -0.15) is 0 Å². The zero-order valence-electron chi connectivity index (χ0n) is 10.2. The highest BCUT2D eigenvalue weighted by molar-refractivity contribution is 9.10. The average Bonchev–Trinajstić information content (AvgIpc) is 2.50. The Morgan fingerprint density at radius 2 is 2.12 bits per heavy atom. The first-order chi connectivity index (χ1) is 8.02. The largest absolute Gasteiger partial charge is 0.344 e. The highest BCUT2D eigenvalue weighted by Crippen LogP contribution is 2.34. The summed E-state index contributed by atoms with van der Waals surface area (Å²) in [6, 6.07) is 6.46. The van der Waals surface area contributed by atoms with Crippen LogP contribution in [-0.4, -0.2) is 10.6 Å². The summed E-state index contributed by atoms with van der Waals surface area (Å²) < 4.78 is 3.28. The Morgan fingerprint density at radius 3 is 2.71 bits per heavy atom. The number of aryl methyl sites for hydroxylation is 1. The Hall–Kier alpha value is -0.510. The van der Waals surface area contributed by atoms with Crippen LogP contribution in [0.4, 0.5) is 0 Å². The number of para-hydroxylation sites is 1. The zero-order chi connectivity index (χ0) is 12.6. The van der Waals surface area contributed by atoms with Gasteiger partial charge in [0.15, 0.2) is 0 Å². The molecule has 92 valence electrons. The van der Waals surface area contributed by atoms with Gasteiger partial charge in [0.2, 0.25) is 0 Å². The molecule has 0 radical (unpaired) electrons. The molecule has 0 atom stereocenters. The molecule has 0 fully saturated rings. The molecule has 1 aromatic carbocycles. The molecule has 0 aliphatic rings. The first-order valence-electron chi connectivity index (χ1n) is 5.67. The molecule has 1 heterocycles. The van der Waals surface area contributed by atoms with Gasteiger partial charge >= 0.3 is 0 Å². The normalized spacial score (nSPS) is 11.6. The Morgan fingerprint density at radius 1 is 1.41 bits per heavy atom. The lowest BCUT2D eigenvalue weighted by molar-refractivity contribution is 0.571. The molecule has 0 saturated carbocycles. The molecular weight excluding hydrogens is 300 g/mol. The molecular formula is C13H16BrClN2. The molecule has 2 rings (SSSR count). The Kier molecular flexibility index (Phi) is 3.81. The lowest BCUT2D eigenvalue weighted by Crippen LogP contribution is -2.23. The summed E-state index contributed by atoms with van der Waals surface area (Å²) in [6.07, 6.45) is 0. The monoisotopic (exact) mass is 314 g/mol.